The van der Waals surface area contributed by atoms with Gasteiger partial charge in [-0.3, -0.25) is 0 Å². The van der Waals surface area contributed by atoms with Gasteiger partial charge in [-0.2, -0.15) is 0 Å². The smallest absolute Gasteiger partial charge is 0.0258 e. The van der Waals surface area contributed by atoms with E-state index in [0.717, 1.165) is 17.9 Å². The van der Waals surface area contributed by atoms with Crippen LogP contribution in [0.2, 0.25) is 0 Å². The Morgan fingerprint density at radius 3 is 2.62 bits per heavy atom. The average Bonchev–Trinajstić information content (AvgIpc) is 1.83. The largest absolute Gasteiger partial charge is 0.126 e. The molecule has 0 aliphatic carbocycles. The average molecular weight is 153 g/mol. The van der Waals surface area contributed by atoms with Gasteiger partial charge in [0.15, 0.2) is 0 Å². The van der Waals surface area contributed by atoms with Gasteiger partial charge in [0, 0.05) is 10.9 Å². The molecule has 0 aromatic carbocycles. The Morgan fingerprint density at radius 2 is 2.25 bits per heavy atom. The van der Waals surface area contributed by atoms with Gasteiger partial charge in [0.2, 0.25) is 0 Å². The second kappa shape index (κ2) is 5.46. The summed E-state index contributed by atoms with van der Waals surface area (Å²) in [4.78, 5) is 0. The molecule has 0 aromatic heterocycles. The Hall–Kier alpha value is 0.320. The van der Waals surface area contributed by atoms with E-state index in [9.17, 15) is 0 Å². The third-order valence-electron chi connectivity index (χ3n) is 0.813. The van der Waals surface area contributed by atoms with Gasteiger partial charge in [0.1, 0.15) is 0 Å². The van der Waals surface area contributed by atoms with E-state index in [2.05, 4.69) is 0 Å². The Kier molecular flexibility index (Phi) is 5.67. The van der Waals surface area contributed by atoms with E-state index < -0.39 is 0 Å². The summed E-state index contributed by atoms with van der Waals surface area (Å²) in [6, 6.07) is 0. The minimum Gasteiger partial charge on any atom is -0.126 e. The van der Waals surface area contributed by atoms with Crippen LogP contribution in [0, 0.1) is 0 Å². The molecule has 8 heavy (non-hydrogen) atoms. The zero-order valence-corrected chi connectivity index (χ0v) is 6.47. The first kappa shape index (κ1) is 8.32. The van der Waals surface area contributed by atoms with Crippen LogP contribution in [-0.4, -0.2) is 5.88 Å². The van der Waals surface area contributed by atoms with Crippen LogP contribution >= 0.6 is 23.2 Å². The second-order valence-corrected chi connectivity index (χ2v) is 2.35. The van der Waals surface area contributed by atoms with Gasteiger partial charge in [-0.05, 0) is 12.8 Å². The predicted molar refractivity (Wildman–Crippen MR) is 39.6 cm³/mol. The topological polar surface area (TPSA) is 0 Å². The van der Waals surface area contributed by atoms with E-state index in [1.165, 1.54) is 0 Å². The summed E-state index contributed by atoms with van der Waals surface area (Å²) in [5.74, 6) is 0.663. The maximum Gasteiger partial charge on any atom is 0.0258 e. The van der Waals surface area contributed by atoms with Crippen LogP contribution < -0.4 is 0 Å². The van der Waals surface area contributed by atoms with E-state index in [1.54, 1.807) is 0 Å². The maximum atomic E-state index is 5.65. The minimum atomic E-state index is 0.663. The molecular weight excluding hydrogens is 143 g/mol. The standard InChI is InChI=1S/C6H10Cl2/c1-2-6(8)4-3-5-7/h4H,2-3,5H2,1H3. The lowest BCUT2D eigenvalue weighted by molar-refractivity contribution is 1.14. The molecule has 0 aliphatic heterocycles. The summed E-state index contributed by atoms with van der Waals surface area (Å²) >= 11 is 11.0. The monoisotopic (exact) mass is 152 g/mol. The van der Waals surface area contributed by atoms with Crippen molar-refractivity contribution < 1.29 is 0 Å². The van der Waals surface area contributed by atoms with Crippen LogP contribution in [0.25, 0.3) is 0 Å². The van der Waals surface area contributed by atoms with Crippen molar-refractivity contribution in [2.24, 2.45) is 0 Å². The zero-order valence-electron chi connectivity index (χ0n) is 4.95. The van der Waals surface area contributed by atoms with E-state index in [0.29, 0.717) is 5.88 Å². The maximum absolute atomic E-state index is 5.65. The highest BCUT2D eigenvalue weighted by molar-refractivity contribution is 6.29. The van der Waals surface area contributed by atoms with E-state index in [1.807, 2.05) is 13.0 Å². The molecule has 0 fully saturated rings. The molecule has 0 aromatic rings. The normalized spacial score (nSPS) is 12.1. The molecule has 0 aliphatic rings. The number of halogens is 2. The molecule has 0 bridgehead atoms. The summed E-state index contributed by atoms with van der Waals surface area (Å²) in [5, 5.41) is 0.908. The molecular formula is C6H10Cl2. The molecule has 0 N–H and O–H groups in total. The van der Waals surface area contributed by atoms with Crippen LogP contribution in [-0.2, 0) is 0 Å². The third-order valence-corrected chi connectivity index (χ3v) is 1.45. The van der Waals surface area contributed by atoms with Gasteiger partial charge in [-0.1, -0.05) is 24.6 Å². The van der Waals surface area contributed by atoms with Crippen LogP contribution in [0.3, 0.4) is 0 Å². The molecule has 0 spiro atoms. The number of hydrogen-bond donors (Lipinski definition) is 0. The summed E-state index contributed by atoms with van der Waals surface area (Å²) in [6.45, 7) is 2.02. The van der Waals surface area contributed by atoms with Crippen molar-refractivity contribution in [2.45, 2.75) is 19.8 Å². The van der Waals surface area contributed by atoms with Crippen molar-refractivity contribution in [3.63, 3.8) is 0 Å². The fourth-order valence-corrected chi connectivity index (χ4v) is 0.574. The van der Waals surface area contributed by atoms with Crippen LogP contribution in [0.5, 0.6) is 0 Å². The number of allylic oxidation sites excluding steroid dienone is 2. The first-order valence-electron chi connectivity index (χ1n) is 2.71. The molecule has 0 unspecified atom stereocenters. The fraction of sp³-hybridized carbons (Fsp3) is 0.667. The minimum absolute atomic E-state index is 0.663. The summed E-state index contributed by atoms with van der Waals surface area (Å²) < 4.78 is 0. The SMILES string of the molecule is CCC(Cl)=CCCCl. The number of hydrogen-bond acceptors (Lipinski definition) is 0. The van der Waals surface area contributed by atoms with Gasteiger partial charge in [-0.25, -0.2) is 0 Å². The van der Waals surface area contributed by atoms with Crippen molar-refractivity contribution in [3.8, 4) is 0 Å². The first-order chi connectivity index (χ1) is 3.81. The molecule has 0 saturated heterocycles. The lowest BCUT2D eigenvalue weighted by Crippen LogP contribution is -1.70. The first-order valence-corrected chi connectivity index (χ1v) is 3.63. The van der Waals surface area contributed by atoms with Gasteiger partial charge >= 0.3 is 0 Å². The summed E-state index contributed by atoms with van der Waals surface area (Å²) in [7, 11) is 0. The third kappa shape index (κ3) is 4.48. The highest BCUT2D eigenvalue weighted by Gasteiger charge is 1.83. The van der Waals surface area contributed by atoms with Crippen molar-refractivity contribution in [2.75, 3.05) is 5.88 Å². The summed E-state index contributed by atoms with van der Waals surface area (Å²) in [6.07, 6.45) is 3.75. The van der Waals surface area contributed by atoms with Gasteiger partial charge in [0.05, 0.1) is 0 Å². The van der Waals surface area contributed by atoms with Crippen LogP contribution in [0.15, 0.2) is 11.1 Å². The van der Waals surface area contributed by atoms with E-state index >= 15 is 0 Å². The lowest BCUT2D eigenvalue weighted by Gasteiger charge is -1.87. The van der Waals surface area contributed by atoms with Gasteiger partial charge < -0.3 is 0 Å². The molecule has 0 nitrogen and oxygen atoms in total. The van der Waals surface area contributed by atoms with Crippen molar-refractivity contribution in [1.29, 1.82) is 0 Å². The van der Waals surface area contributed by atoms with E-state index in [-0.39, 0.29) is 0 Å². The lowest BCUT2D eigenvalue weighted by atomic mass is 10.3. The van der Waals surface area contributed by atoms with E-state index in [4.69, 9.17) is 23.2 Å². The summed E-state index contributed by atoms with van der Waals surface area (Å²) in [5.41, 5.74) is 0. The van der Waals surface area contributed by atoms with Crippen LogP contribution in [0.4, 0.5) is 0 Å². The molecule has 0 heterocycles. The molecule has 0 amide bonds. The fourth-order valence-electron chi connectivity index (χ4n) is 0.356. The molecule has 48 valence electrons. The van der Waals surface area contributed by atoms with Crippen LogP contribution in [0.1, 0.15) is 19.8 Å². The molecule has 2 heteroatoms. The molecule has 0 atom stereocenters. The Morgan fingerprint density at radius 1 is 1.62 bits per heavy atom. The van der Waals surface area contributed by atoms with Gasteiger partial charge in [-0.15, -0.1) is 11.6 Å². The number of alkyl halides is 1. The Bertz CT molecular complexity index is 76.6. The highest BCUT2D eigenvalue weighted by Crippen LogP contribution is 2.06. The Balaban J connectivity index is 3.26. The Labute approximate surface area is 60.5 Å². The zero-order chi connectivity index (χ0) is 6.41. The van der Waals surface area contributed by atoms with Crippen molar-refractivity contribution >= 4 is 23.2 Å². The molecule has 0 radical (unpaired) electrons. The molecule has 0 rings (SSSR count). The van der Waals surface area contributed by atoms with Crippen molar-refractivity contribution in [1.82, 2.24) is 0 Å². The van der Waals surface area contributed by atoms with Gasteiger partial charge in [0.25, 0.3) is 0 Å². The second-order valence-electron chi connectivity index (χ2n) is 1.48. The van der Waals surface area contributed by atoms with Crippen molar-refractivity contribution in [3.05, 3.63) is 11.1 Å². The number of rotatable bonds is 3. The highest BCUT2D eigenvalue weighted by atomic mass is 35.5. The molecule has 0 saturated carbocycles. The predicted octanol–water partition coefficient (Wildman–Crippen LogP) is 3.15. The quantitative estimate of drug-likeness (QED) is 0.546.